The summed E-state index contributed by atoms with van der Waals surface area (Å²) in [4.78, 5) is 62.1. The first-order chi connectivity index (χ1) is 18.0. The number of fused-ring (bicyclic) bond motifs is 1. The van der Waals surface area contributed by atoms with Crippen molar-refractivity contribution in [3.63, 3.8) is 0 Å². The largest absolute Gasteiger partial charge is 0.447 e. The third-order valence-electron chi connectivity index (χ3n) is 6.72. The molecule has 0 radical (unpaired) electrons. The monoisotopic (exact) mass is 540 g/mol. The summed E-state index contributed by atoms with van der Waals surface area (Å²) in [6, 6.07) is 4.69. The van der Waals surface area contributed by atoms with Crippen LogP contribution in [0.2, 0.25) is 5.02 Å². The Morgan fingerprint density at radius 2 is 1.71 bits per heavy atom. The molecule has 1 saturated carbocycles. The first-order valence-electron chi connectivity index (χ1n) is 12.2. The molecule has 38 heavy (non-hydrogen) atoms. The molecule has 3 heterocycles. The van der Waals surface area contributed by atoms with Gasteiger partial charge in [0, 0.05) is 52.4 Å². The minimum atomic E-state index is -0.652. The fourth-order valence-corrected chi connectivity index (χ4v) is 4.57. The van der Waals surface area contributed by atoms with Gasteiger partial charge in [0.05, 0.1) is 10.6 Å². The molecule has 0 saturated heterocycles. The van der Waals surface area contributed by atoms with E-state index >= 15 is 0 Å². The predicted octanol–water partition coefficient (Wildman–Crippen LogP) is 3.81. The Labute approximate surface area is 224 Å². The molecule has 0 aromatic carbocycles. The standard InChI is InChI=1S/C26H29ClN6O5/c1-14(34)33(4)18-8-5-15(6-9-18)24(35)31-22-21-19(11-16(12-29-21)26(37)32(2)3)38-23(22)25(36)30-20-10-7-17(27)13-28-20/h7,10-13,15,18H,5-6,8-9H2,1-4H3,(H,31,35)(H,28,30,36)/t15-,18-. The fraction of sp³-hybridized carbons (Fsp3) is 0.385. The molecule has 4 amide bonds. The summed E-state index contributed by atoms with van der Waals surface area (Å²) < 4.78 is 5.83. The van der Waals surface area contributed by atoms with Gasteiger partial charge in [-0.1, -0.05) is 11.6 Å². The second-order valence-corrected chi connectivity index (χ2v) is 9.95. The lowest BCUT2D eigenvalue weighted by Gasteiger charge is -2.33. The minimum Gasteiger partial charge on any atom is -0.447 e. The van der Waals surface area contributed by atoms with Gasteiger partial charge in [0.2, 0.25) is 17.6 Å². The second-order valence-electron chi connectivity index (χ2n) is 9.52. The summed E-state index contributed by atoms with van der Waals surface area (Å²) in [6.45, 7) is 1.53. The molecule has 0 atom stereocenters. The van der Waals surface area contributed by atoms with E-state index in [0.29, 0.717) is 30.7 Å². The maximum atomic E-state index is 13.3. The zero-order valence-corrected chi connectivity index (χ0v) is 22.3. The summed E-state index contributed by atoms with van der Waals surface area (Å²) in [5.74, 6) is -1.46. The number of hydrogen-bond donors (Lipinski definition) is 2. The van der Waals surface area contributed by atoms with Gasteiger partial charge < -0.3 is 24.9 Å². The van der Waals surface area contributed by atoms with Crippen LogP contribution < -0.4 is 10.6 Å². The SMILES string of the molecule is CC(=O)N(C)[C@H]1CC[C@H](C(=O)Nc2c(C(=O)Nc3ccc(Cl)cn3)oc3cc(C(=O)N(C)C)cnc23)CC1. The number of pyridine rings is 2. The number of amides is 4. The van der Waals surface area contributed by atoms with Crippen molar-refractivity contribution in [2.75, 3.05) is 31.8 Å². The minimum absolute atomic E-state index is 0.00760. The molecular weight excluding hydrogens is 512 g/mol. The van der Waals surface area contributed by atoms with Gasteiger partial charge in [0.25, 0.3) is 11.8 Å². The van der Waals surface area contributed by atoms with Gasteiger partial charge >= 0.3 is 0 Å². The molecule has 3 aromatic heterocycles. The van der Waals surface area contributed by atoms with Gasteiger partial charge in [-0.2, -0.15) is 0 Å². The smallest absolute Gasteiger partial charge is 0.294 e. The second kappa shape index (κ2) is 11.2. The van der Waals surface area contributed by atoms with E-state index in [2.05, 4.69) is 20.6 Å². The molecule has 11 nitrogen and oxygen atoms in total. The lowest BCUT2D eigenvalue weighted by atomic mass is 9.85. The van der Waals surface area contributed by atoms with Crippen molar-refractivity contribution in [3.05, 3.63) is 46.9 Å². The topological polar surface area (TPSA) is 138 Å². The molecule has 12 heteroatoms. The quantitative estimate of drug-likeness (QED) is 0.485. The summed E-state index contributed by atoms with van der Waals surface area (Å²) >= 11 is 5.88. The number of aromatic nitrogens is 2. The van der Waals surface area contributed by atoms with E-state index in [4.69, 9.17) is 16.0 Å². The molecule has 4 rings (SSSR count). The molecule has 200 valence electrons. The van der Waals surface area contributed by atoms with E-state index in [0.717, 1.165) is 0 Å². The van der Waals surface area contributed by atoms with Crippen molar-refractivity contribution in [2.24, 2.45) is 5.92 Å². The maximum absolute atomic E-state index is 13.3. The van der Waals surface area contributed by atoms with Crippen LogP contribution in [0.5, 0.6) is 0 Å². The van der Waals surface area contributed by atoms with Crippen molar-refractivity contribution in [1.82, 2.24) is 19.8 Å². The van der Waals surface area contributed by atoms with E-state index < -0.39 is 5.91 Å². The third-order valence-corrected chi connectivity index (χ3v) is 6.94. The van der Waals surface area contributed by atoms with Gasteiger partial charge in [0.1, 0.15) is 17.0 Å². The fourth-order valence-electron chi connectivity index (χ4n) is 4.46. The van der Waals surface area contributed by atoms with Crippen LogP contribution in [0.3, 0.4) is 0 Å². The zero-order valence-electron chi connectivity index (χ0n) is 21.6. The highest BCUT2D eigenvalue weighted by atomic mass is 35.5. The Morgan fingerprint density at radius 3 is 2.32 bits per heavy atom. The average molecular weight is 541 g/mol. The number of carbonyl (C=O) groups is 4. The van der Waals surface area contributed by atoms with E-state index in [1.165, 1.54) is 36.4 Å². The molecule has 1 aliphatic rings. The molecule has 1 aliphatic carbocycles. The van der Waals surface area contributed by atoms with Crippen LogP contribution in [0.25, 0.3) is 11.1 Å². The lowest BCUT2D eigenvalue weighted by Crippen LogP contribution is -2.40. The van der Waals surface area contributed by atoms with Gasteiger partial charge in [-0.15, -0.1) is 0 Å². The first-order valence-corrected chi connectivity index (χ1v) is 12.5. The number of halogens is 1. The van der Waals surface area contributed by atoms with E-state index in [1.54, 1.807) is 32.1 Å². The van der Waals surface area contributed by atoms with Crippen molar-refractivity contribution in [3.8, 4) is 0 Å². The summed E-state index contributed by atoms with van der Waals surface area (Å²) in [5, 5.41) is 5.88. The third kappa shape index (κ3) is 5.77. The number of hydrogen-bond acceptors (Lipinski definition) is 7. The highest BCUT2D eigenvalue weighted by molar-refractivity contribution is 6.30. The zero-order chi connectivity index (χ0) is 27.6. The Kier molecular flexibility index (Phi) is 7.96. The maximum Gasteiger partial charge on any atom is 0.294 e. The number of anilines is 2. The van der Waals surface area contributed by atoms with Crippen molar-refractivity contribution < 1.29 is 23.6 Å². The highest BCUT2D eigenvalue weighted by Gasteiger charge is 2.31. The molecule has 0 aliphatic heterocycles. The summed E-state index contributed by atoms with van der Waals surface area (Å²) in [5.41, 5.74) is 0.804. The van der Waals surface area contributed by atoms with Gasteiger partial charge in [0.15, 0.2) is 5.58 Å². The average Bonchev–Trinajstić information content (AvgIpc) is 3.26. The van der Waals surface area contributed by atoms with E-state index in [-0.39, 0.29) is 63.6 Å². The summed E-state index contributed by atoms with van der Waals surface area (Å²) in [7, 11) is 4.99. The Balaban J connectivity index is 1.62. The summed E-state index contributed by atoms with van der Waals surface area (Å²) in [6.07, 6.45) is 5.35. The van der Waals surface area contributed by atoms with Crippen LogP contribution in [-0.2, 0) is 9.59 Å². The number of carbonyl (C=O) groups excluding carboxylic acids is 4. The molecule has 0 spiro atoms. The van der Waals surface area contributed by atoms with Crippen LogP contribution in [-0.4, -0.2) is 70.6 Å². The van der Waals surface area contributed by atoms with Crippen molar-refractivity contribution in [1.29, 1.82) is 0 Å². The predicted molar refractivity (Wildman–Crippen MR) is 142 cm³/mol. The van der Waals surface area contributed by atoms with E-state index in [9.17, 15) is 19.2 Å². The Hall–Kier alpha value is -3.99. The lowest BCUT2D eigenvalue weighted by molar-refractivity contribution is -0.130. The van der Waals surface area contributed by atoms with Crippen LogP contribution >= 0.6 is 11.6 Å². The molecule has 1 fully saturated rings. The Morgan fingerprint density at radius 1 is 1.00 bits per heavy atom. The Bertz CT molecular complexity index is 1380. The van der Waals surface area contributed by atoms with Crippen LogP contribution in [0.1, 0.15) is 53.5 Å². The highest BCUT2D eigenvalue weighted by Crippen LogP contribution is 2.33. The molecule has 0 unspecified atom stereocenters. The van der Waals surface area contributed by atoms with Crippen LogP contribution in [0.15, 0.2) is 35.0 Å². The molecule has 2 N–H and O–H groups in total. The van der Waals surface area contributed by atoms with E-state index in [1.807, 2.05) is 0 Å². The molecule has 3 aromatic rings. The van der Waals surface area contributed by atoms with Crippen LogP contribution in [0, 0.1) is 5.92 Å². The van der Waals surface area contributed by atoms with Crippen molar-refractivity contribution in [2.45, 2.75) is 38.6 Å². The first kappa shape index (κ1) is 27.1. The molecule has 0 bridgehead atoms. The number of nitrogens with zero attached hydrogens (tertiary/aromatic N) is 4. The van der Waals surface area contributed by atoms with Crippen molar-refractivity contribution >= 4 is 57.8 Å². The normalized spacial score (nSPS) is 17.1. The molecular formula is C26H29ClN6O5. The van der Waals surface area contributed by atoms with Gasteiger partial charge in [-0.25, -0.2) is 9.97 Å². The van der Waals surface area contributed by atoms with Gasteiger partial charge in [-0.3, -0.25) is 19.2 Å². The van der Waals surface area contributed by atoms with Gasteiger partial charge in [-0.05, 0) is 43.9 Å². The number of nitrogens with one attached hydrogen (secondary N) is 2. The number of furan rings is 1. The number of rotatable bonds is 6. The van der Waals surface area contributed by atoms with Crippen LogP contribution in [0.4, 0.5) is 11.5 Å².